The molecule has 3 nitrogen and oxygen atoms in total. The molecule has 2 heterocycles. The standard InChI is InChI=1S/C54H36N2O/c1-3-14-37(15-4-1)38-28-32-42(33-29-38)55(43-34-30-39(31-35-43)46-23-12-24-48-47-20-8-10-27-52(47)57-54(46)48)44-19-11-16-40(36-44)45-22-13-26-51-53(45)49-21-7-9-25-50(49)56(51)41-17-5-2-6-18-41/h1-36H. The molecule has 0 saturated heterocycles. The molecule has 57 heavy (non-hydrogen) atoms. The summed E-state index contributed by atoms with van der Waals surface area (Å²) in [5.41, 5.74) is 15.5. The molecule has 0 aliphatic rings. The molecule has 0 spiro atoms. The maximum atomic E-state index is 6.43. The Balaban J connectivity index is 1.05. The van der Waals surface area contributed by atoms with Crippen molar-refractivity contribution in [3.8, 4) is 39.1 Å². The molecule has 0 aliphatic carbocycles. The lowest BCUT2D eigenvalue weighted by molar-refractivity contribution is 0.670. The van der Waals surface area contributed by atoms with Crippen LogP contribution in [0.15, 0.2) is 223 Å². The van der Waals surface area contributed by atoms with E-state index >= 15 is 0 Å². The second kappa shape index (κ2) is 13.6. The molecule has 2 aromatic heterocycles. The van der Waals surface area contributed by atoms with Crippen molar-refractivity contribution >= 4 is 60.8 Å². The van der Waals surface area contributed by atoms with Crippen molar-refractivity contribution in [3.63, 3.8) is 0 Å². The summed E-state index contributed by atoms with van der Waals surface area (Å²) in [6.45, 7) is 0. The van der Waals surface area contributed by atoms with E-state index in [-0.39, 0.29) is 0 Å². The highest BCUT2D eigenvalue weighted by molar-refractivity contribution is 6.16. The third kappa shape index (κ3) is 5.60. The minimum atomic E-state index is 0.905. The minimum absolute atomic E-state index is 0.905. The van der Waals surface area contributed by atoms with Gasteiger partial charge in [0.15, 0.2) is 0 Å². The van der Waals surface area contributed by atoms with Gasteiger partial charge in [0.1, 0.15) is 11.2 Å². The van der Waals surface area contributed by atoms with Gasteiger partial charge in [-0.1, -0.05) is 152 Å². The molecule has 3 heteroatoms. The summed E-state index contributed by atoms with van der Waals surface area (Å²) >= 11 is 0. The van der Waals surface area contributed by atoms with Crippen LogP contribution in [0, 0.1) is 0 Å². The molecule has 0 amide bonds. The van der Waals surface area contributed by atoms with Crippen molar-refractivity contribution in [1.29, 1.82) is 0 Å². The molecule has 268 valence electrons. The van der Waals surface area contributed by atoms with Crippen molar-refractivity contribution in [3.05, 3.63) is 218 Å². The van der Waals surface area contributed by atoms with Gasteiger partial charge < -0.3 is 13.9 Å². The Labute approximate surface area is 330 Å². The van der Waals surface area contributed by atoms with Crippen molar-refractivity contribution in [2.75, 3.05) is 4.90 Å². The van der Waals surface area contributed by atoms with Crippen LogP contribution in [0.25, 0.3) is 82.8 Å². The molecule has 0 bridgehead atoms. The number of aromatic nitrogens is 1. The number of anilines is 3. The zero-order chi connectivity index (χ0) is 37.7. The molecule has 0 aliphatic heterocycles. The Morgan fingerprint density at radius 1 is 0.351 bits per heavy atom. The molecule has 0 radical (unpaired) electrons. The molecule has 0 atom stereocenters. The van der Waals surface area contributed by atoms with Crippen LogP contribution in [-0.2, 0) is 0 Å². The molecular weight excluding hydrogens is 693 g/mol. The van der Waals surface area contributed by atoms with Crippen LogP contribution in [0.5, 0.6) is 0 Å². The van der Waals surface area contributed by atoms with Crippen LogP contribution in [0.3, 0.4) is 0 Å². The maximum absolute atomic E-state index is 6.43. The number of para-hydroxylation sites is 4. The number of benzene rings is 9. The summed E-state index contributed by atoms with van der Waals surface area (Å²) in [6.07, 6.45) is 0. The van der Waals surface area contributed by atoms with Crippen LogP contribution in [0.1, 0.15) is 0 Å². The smallest absolute Gasteiger partial charge is 0.143 e. The summed E-state index contributed by atoms with van der Waals surface area (Å²) in [6, 6.07) is 78.1. The zero-order valence-corrected chi connectivity index (χ0v) is 31.1. The third-order valence-corrected chi connectivity index (χ3v) is 11.2. The number of furan rings is 1. The monoisotopic (exact) mass is 728 g/mol. The number of hydrogen-bond acceptors (Lipinski definition) is 2. The van der Waals surface area contributed by atoms with E-state index in [1.54, 1.807) is 0 Å². The fourth-order valence-electron chi connectivity index (χ4n) is 8.57. The van der Waals surface area contributed by atoms with Gasteiger partial charge in [0.05, 0.1) is 11.0 Å². The molecule has 0 saturated carbocycles. The fraction of sp³-hybridized carbons (Fsp3) is 0. The zero-order valence-electron chi connectivity index (χ0n) is 31.1. The van der Waals surface area contributed by atoms with Gasteiger partial charge in [0, 0.05) is 49.9 Å². The normalized spacial score (nSPS) is 11.5. The Hall–Kier alpha value is -7.62. The van der Waals surface area contributed by atoms with Gasteiger partial charge in [-0.05, 0) is 94.5 Å². The first-order valence-electron chi connectivity index (χ1n) is 19.4. The highest BCUT2D eigenvalue weighted by atomic mass is 16.3. The highest BCUT2D eigenvalue weighted by Gasteiger charge is 2.19. The van der Waals surface area contributed by atoms with Crippen molar-refractivity contribution < 1.29 is 4.42 Å². The summed E-state index contributed by atoms with van der Waals surface area (Å²) in [5.74, 6) is 0. The Morgan fingerprint density at radius 2 is 0.912 bits per heavy atom. The number of rotatable bonds is 7. The van der Waals surface area contributed by atoms with Gasteiger partial charge in [-0.15, -0.1) is 0 Å². The van der Waals surface area contributed by atoms with Crippen LogP contribution < -0.4 is 4.90 Å². The Morgan fingerprint density at radius 3 is 1.70 bits per heavy atom. The lowest BCUT2D eigenvalue weighted by atomic mass is 9.98. The molecule has 11 aromatic rings. The average molecular weight is 729 g/mol. The molecule has 0 fully saturated rings. The fourth-order valence-corrected chi connectivity index (χ4v) is 8.57. The average Bonchev–Trinajstić information content (AvgIpc) is 3.84. The van der Waals surface area contributed by atoms with E-state index in [1.165, 1.54) is 38.5 Å². The van der Waals surface area contributed by atoms with E-state index in [9.17, 15) is 0 Å². The van der Waals surface area contributed by atoms with E-state index < -0.39 is 0 Å². The topological polar surface area (TPSA) is 21.3 Å². The van der Waals surface area contributed by atoms with E-state index in [2.05, 4.69) is 216 Å². The Kier molecular flexibility index (Phi) is 7.82. The Bertz CT molecular complexity index is 3210. The number of fused-ring (bicyclic) bond motifs is 6. The van der Waals surface area contributed by atoms with Crippen LogP contribution in [0.4, 0.5) is 17.1 Å². The van der Waals surface area contributed by atoms with Crippen LogP contribution >= 0.6 is 0 Å². The van der Waals surface area contributed by atoms with Crippen LogP contribution in [0.2, 0.25) is 0 Å². The first-order chi connectivity index (χ1) is 28.3. The molecular formula is C54H36N2O. The SMILES string of the molecule is c1ccc(-c2ccc(N(c3ccc(-c4cccc5c4oc4ccccc45)cc3)c3cccc(-c4cccc5c4c4ccccc4n5-c4ccccc4)c3)cc2)cc1. The van der Waals surface area contributed by atoms with Gasteiger partial charge >= 0.3 is 0 Å². The van der Waals surface area contributed by atoms with E-state index in [1.807, 2.05) is 12.1 Å². The largest absolute Gasteiger partial charge is 0.455 e. The van der Waals surface area contributed by atoms with E-state index in [0.29, 0.717) is 0 Å². The lowest BCUT2D eigenvalue weighted by Crippen LogP contribution is -2.10. The second-order valence-electron chi connectivity index (χ2n) is 14.5. The maximum Gasteiger partial charge on any atom is 0.143 e. The molecule has 0 N–H and O–H groups in total. The third-order valence-electron chi connectivity index (χ3n) is 11.2. The first kappa shape index (κ1) is 32.8. The number of hydrogen-bond donors (Lipinski definition) is 0. The second-order valence-corrected chi connectivity index (χ2v) is 14.5. The van der Waals surface area contributed by atoms with Crippen molar-refractivity contribution in [2.45, 2.75) is 0 Å². The summed E-state index contributed by atoms with van der Waals surface area (Å²) in [5, 5.41) is 4.75. The molecule has 0 unspecified atom stereocenters. The van der Waals surface area contributed by atoms with Gasteiger partial charge in [-0.25, -0.2) is 0 Å². The summed E-state index contributed by atoms with van der Waals surface area (Å²) in [4.78, 5) is 2.36. The molecule has 9 aromatic carbocycles. The predicted molar refractivity (Wildman–Crippen MR) is 239 cm³/mol. The highest BCUT2D eigenvalue weighted by Crippen LogP contribution is 2.43. The van der Waals surface area contributed by atoms with Gasteiger partial charge in [-0.2, -0.15) is 0 Å². The summed E-state index contributed by atoms with van der Waals surface area (Å²) < 4.78 is 8.81. The van der Waals surface area contributed by atoms with Crippen molar-refractivity contribution in [1.82, 2.24) is 4.57 Å². The minimum Gasteiger partial charge on any atom is -0.455 e. The van der Waals surface area contributed by atoms with Crippen molar-refractivity contribution in [2.24, 2.45) is 0 Å². The van der Waals surface area contributed by atoms with Gasteiger partial charge in [0.2, 0.25) is 0 Å². The first-order valence-corrected chi connectivity index (χ1v) is 19.4. The quantitative estimate of drug-likeness (QED) is 0.163. The summed E-state index contributed by atoms with van der Waals surface area (Å²) in [7, 11) is 0. The van der Waals surface area contributed by atoms with E-state index in [4.69, 9.17) is 4.42 Å². The lowest BCUT2D eigenvalue weighted by Gasteiger charge is -2.26. The van der Waals surface area contributed by atoms with Gasteiger partial charge in [-0.3, -0.25) is 0 Å². The number of nitrogens with zero attached hydrogens (tertiary/aromatic N) is 2. The van der Waals surface area contributed by atoms with Crippen LogP contribution in [-0.4, -0.2) is 4.57 Å². The molecule has 11 rings (SSSR count). The van der Waals surface area contributed by atoms with Gasteiger partial charge in [0.25, 0.3) is 0 Å². The van der Waals surface area contributed by atoms with E-state index in [0.717, 1.165) is 61.4 Å². The predicted octanol–water partition coefficient (Wildman–Crippen LogP) is 15.2.